The molecule has 1 spiro atoms. The first-order chi connectivity index (χ1) is 18.8. The van der Waals surface area contributed by atoms with E-state index in [0.717, 1.165) is 43.2 Å². The van der Waals surface area contributed by atoms with Crippen molar-refractivity contribution in [2.45, 2.75) is 76.3 Å². The Kier molecular flexibility index (Phi) is 6.53. The van der Waals surface area contributed by atoms with Crippen molar-refractivity contribution in [1.82, 2.24) is 10.2 Å². The van der Waals surface area contributed by atoms with Crippen LogP contribution in [0.4, 0.5) is 10.1 Å². The van der Waals surface area contributed by atoms with Gasteiger partial charge in [0.25, 0.3) is 0 Å². The standard InChI is InChI=1S/C31H34FN3O4/c1-18-8-13-23(16-19(18)2)34-28(36)25-24-14-15-31(39-24)26(25)30(38)35(17-20-9-11-21(32)12-10-20)27(31)29(37)33-22-6-4-3-5-7-22/h8-16,22,24-27H,3-7,17H2,1-2H3,(H,33,37)(H,34,36)/t24-,25+,26-,27+,31-/m1/s1. The van der Waals surface area contributed by atoms with Crippen LogP contribution >= 0.6 is 0 Å². The van der Waals surface area contributed by atoms with Gasteiger partial charge in [0, 0.05) is 18.3 Å². The number of hydrogen-bond acceptors (Lipinski definition) is 4. The van der Waals surface area contributed by atoms with E-state index in [2.05, 4.69) is 10.6 Å². The molecule has 6 rings (SSSR count). The lowest BCUT2D eigenvalue weighted by atomic mass is 9.74. The smallest absolute Gasteiger partial charge is 0.246 e. The summed E-state index contributed by atoms with van der Waals surface area (Å²) in [4.78, 5) is 43.2. The number of amides is 3. The third-order valence-electron chi connectivity index (χ3n) is 8.92. The quantitative estimate of drug-likeness (QED) is 0.548. The van der Waals surface area contributed by atoms with Crippen LogP contribution in [-0.2, 0) is 25.7 Å². The second kappa shape index (κ2) is 9.90. The van der Waals surface area contributed by atoms with Gasteiger partial charge in [0.05, 0.1) is 17.9 Å². The van der Waals surface area contributed by atoms with E-state index in [1.807, 2.05) is 44.2 Å². The van der Waals surface area contributed by atoms with Gasteiger partial charge in [0.2, 0.25) is 17.7 Å². The molecule has 204 valence electrons. The molecule has 1 aliphatic carbocycles. The Bertz CT molecular complexity index is 1340. The molecule has 0 unspecified atom stereocenters. The molecule has 3 amide bonds. The fourth-order valence-electron chi connectivity index (χ4n) is 6.80. The SMILES string of the molecule is Cc1ccc(NC(=O)[C@H]2[C@H]3C=C[C@]4(O3)[C@H](C(=O)NC3CCCCC3)N(Cc3ccc(F)cc3)C(=O)[C@@H]24)cc1C. The van der Waals surface area contributed by atoms with Crippen LogP contribution in [0, 0.1) is 31.5 Å². The van der Waals surface area contributed by atoms with Crippen molar-refractivity contribution in [3.63, 3.8) is 0 Å². The highest BCUT2D eigenvalue weighted by Crippen LogP contribution is 2.55. The van der Waals surface area contributed by atoms with Gasteiger partial charge < -0.3 is 20.3 Å². The first kappa shape index (κ1) is 25.7. The molecule has 4 aliphatic rings. The summed E-state index contributed by atoms with van der Waals surface area (Å²) in [5.74, 6) is -2.84. The molecule has 0 aromatic heterocycles. The van der Waals surface area contributed by atoms with Crippen molar-refractivity contribution >= 4 is 23.4 Å². The predicted molar refractivity (Wildman–Crippen MR) is 144 cm³/mol. The third-order valence-corrected chi connectivity index (χ3v) is 8.92. The largest absolute Gasteiger partial charge is 0.359 e. The minimum absolute atomic E-state index is 0.0518. The van der Waals surface area contributed by atoms with Crippen molar-refractivity contribution in [1.29, 1.82) is 0 Å². The summed E-state index contributed by atoms with van der Waals surface area (Å²) in [6, 6.07) is 10.7. The molecule has 3 fully saturated rings. The van der Waals surface area contributed by atoms with Crippen LogP contribution in [0.1, 0.15) is 48.8 Å². The van der Waals surface area contributed by atoms with E-state index in [0.29, 0.717) is 11.3 Å². The highest BCUT2D eigenvalue weighted by molar-refractivity contribution is 6.02. The van der Waals surface area contributed by atoms with E-state index in [9.17, 15) is 18.8 Å². The zero-order chi connectivity index (χ0) is 27.3. The van der Waals surface area contributed by atoms with Gasteiger partial charge in [-0.25, -0.2) is 4.39 Å². The fourth-order valence-corrected chi connectivity index (χ4v) is 6.80. The number of likely N-dealkylation sites (tertiary alicyclic amines) is 1. The first-order valence-electron chi connectivity index (χ1n) is 13.9. The topological polar surface area (TPSA) is 87.7 Å². The number of carbonyl (C=O) groups excluding carboxylic acids is 3. The Hall–Kier alpha value is -3.52. The minimum atomic E-state index is -1.23. The summed E-state index contributed by atoms with van der Waals surface area (Å²) in [6.45, 7) is 4.10. The van der Waals surface area contributed by atoms with Crippen molar-refractivity contribution in [2.24, 2.45) is 11.8 Å². The van der Waals surface area contributed by atoms with Gasteiger partial charge >= 0.3 is 0 Å². The van der Waals surface area contributed by atoms with E-state index in [1.54, 1.807) is 12.1 Å². The number of nitrogens with one attached hydrogen (secondary N) is 2. The zero-order valence-corrected chi connectivity index (χ0v) is 22.3. The van der Waals surface area contributed by atoms with Crippen LogP contribution in [0.3, 0.4) is 0 Å². The summed E-state index contributed by atoms with van der Waals surface area (Å²) in [5.41, 5.74) is 2.30. The number of halogens is 1. The number of hydrogen-bond donors (Lipinski definition) is 2. The molecule has 1 saturated carbocycles. The molecule has 2 saturated heterocycles. The van der Waals surface area contributed by atoms with Crippen LogP contribution in [0.2, 0.25) is 0 Å². The van der Waals surface area contributed by atoms with Gasteiger partial charge in [-0.3, -0.25) is 14.4 Å². The van der Waals surface area contributed by atoms with Crippen molar-refractivity contribution in [2.75, 3.05) is 5.32 Å². The Morgan fingerprint density at radius 2 is 1.77 bits per heavy atom. The summed E-state index contributed by atoms with van der Waals surface area (Å²) in [6.07, 6.45) is 8.11. The molecule has 8 heteroatoms. The highest BCUT2D eigenvalue weighted by atomic mass is 19.1. The maximum atomic E-state index is 14.1. The van der Waals surface area contributed by atoms with E-state index >= 15 is 0 Å². The molecule has 2 bridgehead atoms. The van der Waals surface area contributed by atoms with E-state index in [-0.39, 0.29) is 36.1 Å². The van der Waals surface area contributed by atoms with Crippen LogP contribution in [0.5, 0.6) is 0 Å². The number of ether oxygens (including phenoxy) is 1. The molecule has 0 radical (unpaired) electrons. The number of anilines is 1. The lowest BCUT2D eigenvalue weighted by Crippen LogP contribution is -2.56. The third kappa shape index (κ3) is 4.44. The van der Waals surface area contributed by atoms with Crippen LogP contribution in [0.15, 0.2) is 54.6 Å². The zero-order valence-electron chi connectivity index (χ0n) is 22.3. The lowest BCUT2D eigenvalue weighted by molar-refractivity contribution is -0.142. The maximum Gasteiger partial charge on any atom is 0.246 e. The molecule has 2 N–H and O–H groups in total. The van der Waals surface area contributed by atoms with Crippen LogP contribution < -0.4 is 10.6 Å². The molecule has 2 aromatic rings. The average Bonchev–Trinajstić information content (AvgIpc) is 3.56. The summed E-state index contributed by atoms with van der Waals surface area (Å²) in [7, 11) is 0. The molecular formula is C31H34FN3O4. The molecule has 2 aromatic carbocycles. The first-order valence-corrected chi connectivity index (χ1v) is 13.9. The number of fused-ring (bicyclic) bond motifs is 1. The van der Waals surface area contributed by atoms with Crippen molar-refractivity contribution in [3.8, 4) is 0 Å². The van der Waals surface area contributed by atoms with Gasteiger partial charge in [-0.2, -0.15) is 0 Å². The summed E-state index contributed by atoms with van der Waals surface area (Å²) in [5, 5.41) is 6.17. The normalized spacial score (nSPS) is 29.5. The molecule has 5 atom stereocenters. The Morgan fingerprint density at radius 1 is 1.03 bits per heavy atom. The average molecular weight is 532 g/mol. The van der Waals surface area contributed by atoms with Gasteiger partial charge in [0.15, 0.2) is 0 Å². The molecule has 3 aliphatic heterocycles. The second-order valence-electron chi connectivity index (χ2n) is 11.4. The predicted octanol–water partition coefficient (Wildman–Crippen LogP) is 4.18. The molecular weight excluding hydrogens is 497 g/mol. The van der Waals surface area contributed by atoms with Gasteiger partial charge in [0.1, 0.15) is 17.5 Å². The van der Waals surface area contributed by atoms with Gasteiger partial charge in [-0.15, -0.1) is 0 Å². The Morgan fingerprint density at radius 3 is 2.49 bits per heavy atom. The summed E-state index contributed by atoms with van der Waals surface area (Å²) >= 11 is 0. The number of benzene rings is 2. The fraction of sp³-hybridized carbons (Fsp3) is 0.452. The van der Waals surface area contributed by atoms with E-state index in [4.69, 9.17) is 4.74 Å². The number of nitrogens with zero attached hydrogens (tertiary/aromatic N) is 1. The van der Waals surface area contributed by atoms with Crippen molar-refractivity contribution in [3.05, 3.63) is 77.1 Å². The maximum absolute atomic E-state index is 14.1. The van der Waals surface area contributed by atoms with Gasteiger partial charge in [-0.05, 0) is 67.6 Å². The minimum Gasteiger partial charge on any atom is -0.359 e. The lowest BCUT2D eigenvalue weighted by Gasteiger charge is -2.34. The number of carbonyl (C=O) groups is 3. The molecule has 7 nitrogen and oxygen atoms in total. The van der Waals surface area contributed by atoms with Gasteiger partial charge in [-0.1, -0.05) is 49.6 Å². The molecule has 39 heavy (non-hydrogen) atoms. The second-order valence-corrected chi connectivity index (χ2v) is 11.4. The summed E-state index contributed by atoms with van der Waals surface area (Å²) < 4.78 is 20.0. The van der Waals surface area contributed by atoms with E-state index < -0.39 is 29.6 Å². The Balaban J connectivity index is 1.32. The number of rotatable bonds is 6. The Labute approximate surface area is 227 Å². The number of aryl methyl sites for hydroxylation is 2. The molecule has 3 heterocycles. The highest BCUT2D eigenvalue weighted by Gasteiger charge is 2.72. The van der Waals surface area contributed by atoms with E-state index in [1.165, 1.54) is 17.0 Å². The monoisotopic (exact) mass is 531 g/mol. The van der Waals surface area contributed by atoms with Crippen LogP contribution in [0.25, 0.3) is 0 Å². The van der Waals surface area contributed by atoms with Crippen molar-refractivity contribution < 1.29 is 23.5 Å². The van der Waals surface area contributed by atoms with Crippen LogP contribution in [-0.4, -0.2) is 46.4 Å².